The summed E-state index contributed by atoms with van der Waals surface area (Å²) in [4.78, 5) is 8.70. The van der Waals surface area contributed by atoms with Crippen molar-refractivity contribution in [1.29, 1.82) is 0 Å². The van der Waals surface area contributed by atoms with Crippen molar-refractivity contribution in [2.75, 3.05) is 0 Å². The topological polar surface area (TPSA) is 39.5 Å². The van der Waals surface area contributed by atoms with Gasteiger partial charge in [-0.3, -0.25) is 9.55 Å². The first-order valence-electron chi connectivity index (χ1n) is 8.30. The van der Waals surface area contributed by atoms with Gasteiger partial charge in [0, 0.05) is 24.2 Å². The van der Waals surface area contributed by atoms with E-state index in [9.17, 15) is 0 Å². The third kappa shape index (κ3) is 1.15. The van der Waals surface area contributed by atoms with Gasteiger partial charge in [-0.25, -0.2) is 14.1 Å². The Morgan fingerprint density at radius 1 is 1.33 bits per heavy atom. The summed E-state index contributed by atoms with van der Waals surface area (Å²) in [5, 5.41) is 0. The smallest absolute Gasteiger partial charge is 0.264 e. The van der Waals surface area contributed by atoms with Gasteiger partial charge in [0.2, 0.25) is 11.3 Å². The van der Waals surface area contributed by atoms with Crippen molar-refractivity contribution >= 4 is 22.2 Å². The maximum absolute atomic E-state index is 7.98. The molecule has 0 fully saturated rings. The largest absolute Gasteiger partial charge is 0.270 e. The van der Waals surface area contributed by atoms with Crippen LogP contribution in [0.1, 0.15) is 9.68 Å². The monoisotopic (exact) mass is 279 g/mol. The van der Waals surface area contributed by atoms with Crippen molar-refractivity contribution in [2.45, 2.75) is 6.54 Å². The number of aryl methyl sites for hydroxylation is 2. The lowest BCUT2D eigenvalue weighted by molar-refractivity contribution is -0.636. The predicted octanol–water partition coefficient (Wildman–Crippen LogP) is 1.78. The molecule has 5 heteroatoms. The second kappa shape index (κ2) is 3.49. The Morgan fingerprint density at radius 2 is 2.29 bits per heavy atom. The molecular formula is C16H14N5+. The lowest BCUT2D eigenvalue weighted by atomic mass is 10.2. The molecule has 1 aliphatic heterocycles. The molecule has 0 aromatic carbocycles. The Bertz CT molecular complexity index is 1140. The molecule has 5 nitrogen and oxygen atoms in total. The van der Waals surface area contributed by atoms with Crippen molar-refractivity contribution in [3.05, 3.63) is 42.4 Å². The van der Waals surface area contributed by atoms with Crippen LogP contribution in [0.5, 0.6) is 0 Å². The van der Waals surface area contributed by atoms with Gasteiger partial charge < -0.3 is 0 Å². The number of pyridine rings is 2. The molecule has 0 saturated carbocycles. The van der Waals surface area contributed by atoms with Gasteiger partial charge in [-0.2, -0.15) is 0 Å². The van der Waals surface area contributed by atoms with E-state index in [1.165, 1.54) is 10.1 Å². The van der Waals surface area contributed by atoms with Gasteiger partial charge in [0.15, 0.2) is 0 Å². The standard InChI is InChI=1S/C16H14N5/c1-19-12-4-3-6-18-13(12)14-16(19)20(2)15-11-8-17-7-5-10(11)9-21(14)15/h3-8H,9H2,1-2H3/q+1/i1D3. The molecular weight excluding hydrogens is 262 g/mol. The van der Waals surface area contributed by atoms with Crippen LogP contribution in [0, 0.1) is 0 Å². The number of nitrogens with zero attached hydrogens (tertiary/aromatic N) is 5. The van der Waals surface area contributed by atoms with Gasteiger partial charge >= 0.3 is 0 Å². The highest BCUT2D eigenvalue weighted by Crippen LogP contribution is 2.35. The summed E-state index contributed by atoms with van der Waals surface area (Å²) in [5.41, 5.74) is 5.08. The highest BCUT2D eigenvalue weighted by Gasteiger charge is 2.34. The Hall–Kier alpha value is -2.69. The first kappa shape index (κ1) is 8.56. The van der Waals surface area contributed by atoms with Crippen LogP contribution in [-0.4, -0.2) is 19.1 Å². The molecule has 4 aromatic heterocycles. The number of hydrogen-bond donors (Lipinski definition) is 0. The van der Waals surface area contributed by atoms with E-state index in [0.717, 1.165) is 16.9 Å². The molecule has 0 aliphatic carbocycles. The number of imidazole rings is 1. The van der Waals surface area contributed by atoms with E-state index in [0.29, 0.717) is 23.2 Å². The Kier molecular flexibility index (Phi) is 1.42. The fourth-order valence-corrected chi connectivity index (χ4v) is 3.44. The van der Waals surface area contributed by atoms with Crippen LogP contribution in [0.3, 0.4) is 0 Å². The van der Waals surface area contributed by atoms with Gasteiger partial charge in [-0.05, 0) is 18.2 Å². The Balaban J connectivity index is 2.02. The van der Waals surface area contributed by atoms with Crippen LogP contribution < -0.4 is 4.57 Å². The normalized spacial score (nSPS) is 15.8. The maximum atomic E-state index is 7.98. The Morgan fingerprint density at radius 3 is 3.19 bits per heavy atom. The average Bonchev–Trinajstić information content (AvgIpc) is 3.15. The molecule has 0 radical (unpaired) electrons. The SMILES string of the molecule is [2H]C([2H])([2H])n1c2cccnc2c2c1[n+](C)c1n2Cc2ccncc2-1. The summed E-state index contributed by atoms with van der Waals surface area (Å²) in [5.74, 6) is 0.966. The second-order valence-electron chi connectivity index (χ2n) is 5.38. The minimum absolute atomic E-state index is 0.627. The van der Waals surface area contributed by atoms with Crippen molar-refractivity contribution < 1.29 is 8.68 Å². The van der Waals surface area contributed by atoms with Crippen LogP contribution in [0.15, 0.2) is 36.8 Å². The van der Waals surface area contributed by atoms with Crippen molar-refractivity contribution in [2.24, 2.45) is 14.0 Å². The van der Waals surface area contributed by atoms with Crippen molar-refractivity contribution in [3.8, 4) is 11.4 Å². The van der Waals surface area contributed by atoms with Crippen LogP contribution in [0.4, 0.5) is 0 Å². The predicted molar refractivity (Wildman–Crippen MR) is 79.7 cm³/mol. The molecule has 0 unspecified atom stereocenters. The second-order valence-corrected chi connectivity index (χ2v) is 5.38. The zero-order valence-electron chi connectivity index (χ0n) is 14.4. The first-order valence-corrected chi connectivity index (χ1v) is 6.80. The summed E-state index contributed by atoms with van der Waals surface area (Å²) >= 11 is 0. The molecule has 1 aliphatic rings. The van der Waals surface area contributed by atoms with Gasteiger partial charge in [-0.15, -0.1) is 0 Å². The summed E-state index contributed by atoms with van der Waals surface area (Å²) in [6.45, 7) is -1.58. The number of rotatable bonds is 0. The molecule has 0 saturated heterocycles. The highest BCUT2D eigenvalue weighted by atomic mass is 15.2. The fourth-order valence-electron chi connectivity index (χ4n) is 3.44. The molecule has 4 aromatic rings. The summed E-state index contributed by atoms with van der Waals surface area (Å²) in [6.07, 6.45) is 5.32. The van der Waals surface area contributed by atoms with E-state index in [-0.39, 0.29) is 0 Å². The van der Waals surface area contributed by atoms with Gasteiger partial charge in [0.05, 0.1) is 30.2 Å². The van der Waals surface area contributed by atoms with Crippen molar-refractivity contribution in [1.82, 2.24) is 19.1 Å². The van der Waals surface area contributed by atoms with E-state index >= 15 is 0 Å². The maximum Gasteiger partial charge on any atom is 0.270 e. The zero-order valence-corrected chi connectivity index (χ0v) is 11.4. The van der Waals surface area contributed by atoms with Crippen LogP contribution >= 0.6 is 0 Å². The number of hydrogen-bond acceptors (Lipinski definition) is 2. The molecule has 5 rings (SSSR count). The molecule has 0 amide bonds. The van der Waals surface area contributed by atoms with E-state index in [1.54, 1.807) is 18.5 Å². The minimum Gasteiger partial charge on any atom is -0.264 e. The van der Waals surface area contributed by atoms with E-state index < -0.39 is 6.98 Å². The van der Waals surface area contributed by atoms with E-state index in [4.69, 9.17) is 4.11 Å². The highest BCUT2D eigenvalue weighted by molar-refractivity contribution is 6.02. The molecule has 0 spiro atoms. The number of aromatic nitrogens is 5. The molecule has 5 heterocycles. The third-order valence-corrected chi connectivity index (χ3v) is 4.32. The van der Waals surface area contributed by atoms with Crippen LogP contribution in [0.25, 0.3) is 33.6 Å². The zero-order chi connectivity index (χ0) is 16.6. The van der Waals surface area contributed by atoms with Gasteiger partial charge in [0.1, 0.15) is 11.0 Å². The van der Waals surface area contributed by atoms with Crippen LogP contribution in [-0.2, 0) is 20.6 Å². The van der Waals surface area contributed by atoms with Gasteiger partial charge in [-0.1, -0.05) is 0 Å². The van der Waals surface area contributed by atoms with Gasteiger partial charge in [0.25, 0.3) is 5.65 Å². The summed E-state index contributed by atoms with van der Waals surface area (Å²) < 4.78 is 29.4. The molecule has 0 N–H and O–H groups in total. The third-order valence-electron chi connectivity index (χ3n) is 4.32. The summed E-state index contributed by atoms with van der Waals surface area (Å²) in [7, 11) is 1.90. The summed E-state index contributed by atoms with van der Waals surface area (Å²) in [6, 6.07) is 5.59. The molecule has 0 atom stereocenters. The lowest BCUT2D eigenvalue weighted by Gasteiger charge is -1.98. The average molecular weight is 279 g/mol. The van der Waals surface area contributed by atoms with Crippen LogP contribution in [0.2, 0.25) is 0 Å². The first-order chi connectivity index (χ1) is 11.5. The molecule has 0 bridgehead atoms. The quantitative estimate of drug-likeness (QED) is 0.405. The van der Waals surface area contributed by atoms with E-state index in [1.807, 2.05) is 29.9 Å². The van der Waals surface area contributed by atoms with E-state index in [2.05, 4.69) is 14.5 Å². The Labute approximate surface area is 125 Å². The lowest BCUT2D eigenvalue weighted by Crippen LogP contribution is -2.31. The molecule has 21 heavy (non-hydrogen) atoms. The fraction of sp³-hybridized carbons (Fsp3) is 0.188. The molecule has 102 valence electrons. The van der Waals surface area contributed by atoms with Crippen molar-refractivity contribution in [3.63, 3.8) is 0 Å². The number of fused-ring (bicyclic) bond motifs is 7. The minimum atomic E-state index is -2.28.